The fraction of sp³-hybridized carbons (Fsp3) is 0.100. The number of rotatable bonds is 3. The Morgan fingerprint density at radius 3 is 1.65 bits per heavy atom. The third-order valence-electron chi connectivity index (χ3n) is 3.93. The first kappa shape index (κ1) is 15.9. The van der Waals surface area contributed by atoms with Crippen molar-refractivity contribution in [1.82, 2.24) is 0 Å². The Hall–Kier alpha value is -2.01. The molecule has 0 saturated carbocycles. The molecule has 116 valence electrons. The van der Waals surface area contributed by atoms with Crippen LogP contribution in [0.15, 0.2) is 60.7 Å². The van der Waals surface area contributed by atoms with Crippen molar-refractivity contribution in [2.24, 2.45) is 0 Å². The summed E-state index contributed by atoms with van der Waals surface area (Å²) in [4.78, 5) is 0. The van der Waals surface area contributed by atoms with E-state index < -0.39 is 0 Å². The lowest BCUT2D eigenvalue weighted by molar-refractivity contribution is 0.475. The molecule has 0 radical (unpaired) electrons. The zero-order chi connectivity index (χ0) is 16.4. The molecule has 0 bridgehead atoms. The number of phenolic OH excluding ortho intramolecular Hbond substituents is 2. The average Bonchev–Trinajstić information content (AvgIpc) is 2.56. The zero-order valence-corrected chi connectivity index (χ0v) is 14.9. The van der Waals surface area contributed by atoms with E-state index in [1.807, 2.05) is 24.3 Å². The van der Waals surface area contributed by atoms with Gasteiger partial charge >= 0.3 is 0 Å². The highest BCUT2D eigenvalue weighted by molar-refractivity contribution is 14.1. The summed E-state index contributed by atoms with van der Waals surface area (Å²) in [5.74, 6) is 0.533. The SMILES string of the molecule is CCc1ccc(I)c(-c2ccc(O)cc2)c1-c1ccc(O)cc1. The summed E-state index contributed by atoms with van der Waals surface area (Å²) in [5.41, 5.74) is 5.77. The second-order valence-corrected chi connectivity index (χ2v) is 6.57. The van der Waals surface area contributed by atoms with E-state index in [4.69, 9.17) is 0 Å². The van der Waals surface area contributed by atoms with Gasteiger partial charge in [-0.1, -0.05) is 37.3 Å². The molecule has 2 nitrogen and oxygen atoms in total. The first-order valence-electron chi connectivity index (χ1n) is 7.50. The predicted octanol–water partition coefficient (Wildman–Crippen LogP) is 5.60. The van der Waals surface area contributed by atoms with Gasteiger partial charge in [-0.05, 0) is 81.6 Å². The fourth-order valence-corrected chi connectivity index (χ4v) is 3.54. The minimum atomic E-state index is 0.265. The summed E-state index contributed by atoms with van der Waals surface area (Å²) >= 11 is 2.35. The standard InChI is InChI=1S/C20H17IO2/c1-2-13-7-12-18(21)20(15-5-10-17(23)11-6-15)19(13)14-3-8-16(22)9-4-14/h3-12,22-23H,2H2,1H3. The van der Waals surface area contributed by atoms with E-state index in [9.17, 15) is 10.2 Å². The maximum atomic E-state index is 9.57. The molecule has 23 heavy (non-hydrogen) atoms. The Labute approximate surface area is 149 Å². The maximum Gasteiger partial charge on any atom is 0.115 e. The van der Waals surface area contributed by atoms with Crippen molar-refractivity contribution in [2.75, 3.05) is 0 Å². The smallest absolute Gasteiger partial charge is 0.115 e. The van der Waals surface area contributed by atoms with Crippen LogP contribution in [0.2, 0.25) is 0 Å². The van der Waals surface area contributed by atoms with E-state index >= 15 is 0 Å². The minimum absolute atomic E-state index is 0.265. The number of benzene rings is 3. The van der Waals surface area contributed by atoms with Crippen molar-refractivity contribution in [3.8, 4) is 33.8 Å². The molecule has 0 atom stereocenters. The largest absolute Gasteiger partial charge is 0.508 e. The summed E-state index contributed by atoms with van der Waals surface area (Å²) in [6.07, 6.45) is 0.929. The number of hydrogen-bond donors (Lipinski definition) is 2. The Balaban J connectivity index is 2.29. The molecular weight excluding hydrogens is 399 g/mol. The van der Waals surface area contributed by atoms with Gasteiger partial charge < -0.3 is 10.2 Å². The Morgan fingerprint density at radius 2 is 1.17 bits per heavy atom. The van der Waals surface area contributed by atoms with Crippen molar-refractivity contribution in [1.29, 1.82) is 0 Å². The van der Waals surface area contributed by atoms with Gasteiger partial charge in [0.25, 0.3) is 0 Å². The van der Waals surface area contributed by atoms with Crippen LogP contribution >= 0.6 is 22.6 Å². The Bertz CT molecular complexity index is 822. The lowest BCUT2D eigenvalue weighted by atomic mass is 9.89. The van der Waals surface area contributed by atoms with Crippen molar-refractivity contribution in [3.63, 3.8) is 0 Å². The van der Waals surface area contributed by atoms with Gasteiger partial charge in [-0.2, -0.15) is 0 Å². The lowest BCUT2D eigenvalue weighted by Crippen LogP contribution is -1.95. The van der Waals surface area contributed by atoms with Gasteiger partial charge in [0.1, 0.15) is 11.5 Å². The van der Waals surface area contributed by atoms with Crippen LogP contribution in [0.25, 0.3) is 22.3 Å². The van der Waals surface area contributed by atoms with Crippen LogP contribution in [0.4, 0.5) is 0 Å². The van der Waals surface area contributed by atoms with Crippen molar-refractivity contribution >= 4 is 22.6 Å². The van der Waals surface area contributed by atoms with Crippen LogP contribution in [0.1, 0.15) is 12.5 Å². The summed E-state index contributed by atoms with van der Waals surface area (Å²) in [6.45, 7) is 2.15. The van der Waals surface area contributed by atoms with Crippen LogP contribution in [-0.4, -0.2) is 10.2 Å². The van der Waals surface area contributed by atoms with Gasteiger partial charge in [-0.15, -0.1) is 0 Å². The topological polar surface area (TPSA) is 40.5 Å². The molecule has 0 aliphatic rings. The number of phenols is 2. The first-order valence-corrected chi connectivity index (χ1v) is 8.58. The number of aromatic hydroxyl groups is 2. The highest BCUT2D eigenvalue weighted by atomic mass is 127. The first-order chi connectivity index (χ1) is 11.1. The molecule has 0 aliphatic carbocycles. The summed E-state index contributed by atoms with van der Waals surface area (Å²) in [7, 11) is 0. The van der Waals surface area contributed by atoms with Gasteiger partial charge in [0.2, 0.25) is 0 Å². The van der Waals surface area contributed by atoms with E-state index in [0.29, 0.717) is 0 Å². The molecule has 0 aromatic heterocycles. The second-order valence-electron chi connectivity index (χ2n) is 5.40. The number of halogens is 1. The predicted molar refractivity (Wildman–Crippen MR) is 103 cm³/mol. The highest BCUT2D eigenvalue weighted by Crippen LogP contribution is 2.39. The van der Waals surface area contributed by atoms with Crippen molar-refractivity contribution in [3.05, 3.63) is 69.8 Å². The summed E-state index contributed by atoms with van der Waals surface area (Å²) < 4.78 is 1.16. The molecule has 3 rings (SSSR count). The second kappa shape index (κ2) is 6.62. The van der Waals surface area contributed by atoms with E-state index in [2.05, 4.69) is 41.6 Å². The van der Waals surface area contributed by atoms with Gasteiger partial charge in [0.15, 0.2) is 0 Å². The fourth-order valence-electron chi connectivity index (χ4n) is 2.78. The van der Waals surface area contributed by atoms with Gasteiger partial charge in [-0.3, -0.25) is 0 Å². The Kier molecular flexibility index (Phi) is 4.57. The van der Waals surface area contributed by atoms with Gasteiger partial charge in [-0.25, -0.2) is 0 Å². The minimum Gasteiger partial charge on any atom is -0.508 e. The van der Waals surface area contributed by atoms with Crippen LogP contribution in [0.5, 0.6) is 11.5 Å². The summed E-state index contributed by atoms with van der Waals surface area (Å²) in [6, 6.07) is 18.9. The monoisotopic (exact) mass is 416 g/mol. The molecule has 3 aromatic rings. The lowest BCUT2D eigenvalue weighted by Gasteiger charge is -2.17. The molecular formula is C20H17IO2. The molecule has 0 amide bonds. The molecule has 0 aliphatic heterocycles. The maximum absolute atomic E-state index is 9.57. The Morgan fingerprint density at radius 1 is 0.696 bits per heavy atom. The van der Waals surface area contributed by atoms with Crippen LogP contribution in [0, 0.1) is 3.57 Å². The summed E-state index contributed by atoms with van der Waals surface area (Å²) in [5, 5.41) is 19.1. The molecule has 0 heterocycles. The highest BCUT2D eigenvalue weighted by Gasteiger charge is 2.15. The van der Waals surface area contributed by atoms with Crippen LogP contribution < -0.4 is 0 Å². The van der Waals surface area contributed by atoms with Crippen LogP contribution in [-0.2, 0) is 6.42 Å². The third-order valence-corrected chi connectivity index (χ3v) is 4.83. The van der Waals surface area contributed by atoms with E-state index in [-0.39, 0.29) is 11.5 Å². The average molecular weight is 416 g/mol. The number of hydrogen-bond acceptors (Lipinski definition) is 2. The van der Waals surface area contributed by atoms with E-state index in [1.165, 1.54) is 11.1 Å². The van der Waals surface area contributed by atoms with Crippen molar-refractivity contribution in [2.45, 2.75) is 13.3 Å². The zero-order valence-electron chi connectivity index (χ0n) is 12.8. The van der Waals surface area contributed by atoms with Crippen molar-refractivity contribution < 1.29 is 10.2 Å². The molecule has 3 aromatic carbocycles. The molecule has 2 N–H and O–H groups in total. The van der Waals surface area contributed by atoms with E-state index in [1.54, 1.807) is 24.3 Å². The molecule has 0 spiro atoms. The quantitative estimate of drug-likeness (QED) is 0.546. The third kappa shape index (κ3) is 3.20. The van der Waals surface area contributed by atoms with Gasteiger partial charge in [0.05, 0.1) is 0 Å². The van der Waals surface area contributed by atoms with Gasteiger partial charge in [0, 0.05) is 9.13 Å². The van der Waals surface area contributed by atoms with E-state index in [0.717, 1.165) is 26.7 Å². The molecule has 0 saturated heterocycles. The molecule has 0 fully saturated rings. The normalized spacial score (nSPS) is 10.7. The molecule has 0 unspecified atom stereocenters. The number of aryl methyl sites for hydroxylation is 1. The van der Waals surface area contributed by atoms with Crippen LogP contribution in [0.3, 0.4) is 0 Å². The molecule has 3 heteroatoms.